The third-order valence-electron chi connectivity index (χ3n) is 5.97. The highest BCUT2D eigenvalue weighted by Gasteiger charge is 2.28. The molecule has 0 saturated heterocycles. The van der Waals surface area contributed by atoms with Gasteiger partial charge < -0.3 is 25.2 Å². The summed E-state index contributed by atoms with van der Waals surface area (Å²) in [6, 6.07) is 8.51. The van der Waals surface area contributed by atoms with Gasteiger partial charge in [0.1, 0.15) is 23.0 Å². The molecule has 3 rings (SSSR count). The largest absolute Gasteiger partial charge is 0.493 e. The molecule has 0 fully saturated rings. The standard InChI is InChI=1S/C29H40F2N2O4/c1-28(2,3)16-18-7-8-26-22(13-18)23(9-10-36-26)32-17-25(34)24(33-27(35)37-29(4,5)6)14-19-11-20(30)15-21(31)12-19/h7-8,11-13,15,23-25,32,34H,9-10,14,16-17H2,1-6H3,(H,33,35)/t23?,24?,25-/m1/s1. The van der Waals surface area contributed by atoms with Crippen molar-refractivity contribution in [1.82, 2.24) is 10.6 Å². The maximum atomic E-state index is 13.8. The number of hydrogen-bond donors (Lipinski definition) is 3. The van der Waals surface area contributed by atoms with Crippen molar-refractivity contribution in [3.8, 4) is 5.75 Å². The van der Waals surface area contributed by atoms with E-state index >= 15 is 0 Å². The SMILES string of the molecule is CC(C)(C)Cc1ccc2c(c1)C(NC[C@@H](O)C(Cc1cc(F)cc(F)c1)NC(=O)OC(C)(C)C)CCO2. The van der Waals surface area contributed by atoms with Crippen LogP contribution in [-0.4, -0.2) is 42.1 Å². The second-order valence-electron chi connectivity index (χ2n) is 12.0. The maximum absolute atomic E-state index is 13.8. The smallest absolute Gasteiger partial charge is 0.407 e. The molecule has 1 aliphatic heterocycles. The van der Waals surface area contributed by atoms with Crippen LogP contribution in [0.15, 0.2) is 36.4 Å². The summed E-state index contributed by atoms with van der Waals surface area (Å²) in [6.45, 7) is 12.5. The van der Waals surface area contributed by atoms with Crippen molar-refractivity contribution in [1.29, 1.82) is 0 Å². The van der Waals surface area contributed by atoms with Gasteiger partial charge in [-0.3, -0.25) is 0 Å². The van der Waals surface area contributed by atoms with Crippen molar-refractivity contribution < 1.29 is 28.2 Å². The first-order valence-electron chi connectivity index (χ1n) is 12.8. The van der Waals surface area contributed by atoms with Crippen LogP contribution >= 0.6 is 0 Å². The normalized spacial score (nSPS) is 17.4. The van der Waals surface area contributed by atoms with Crippen molar-refractivity contribution in [2.45, 2.75) is 84.6 Å². The van der Waals surface area contributed by atoms with Crippen molar-refractivity contribution in [3.63, 3.8) is 0 Å². The minimum absolute atomic E-state index is 0.0247. The molecule has 2 unspecified atom stereocenters. The lowest BCUT2D eigenvalue weighted by molar-refractivity contribution is 0.0418. The molecular formula is C29H40F2N2O4. The Balaban J connectivity index is 1.74. The highest BCUT2D eigenvalue weighted by Crippen LogP contribution is 2.34. The van der Waals surface area contributed by atoms with Crippen LogP contribution in [0.4, 0.5) is 13.6 Å². The monoisotopic (exact) mass is 518 g/mol. The van der Waals surface area contributed by atoms with E-state index in [-0.39, 0.29) is 24.4 Å². The summed E-state index contributed by atoms with van der Waals surface area (Å²) in [5.41, 5.74) is 1.96. The van der Waals surface area contributed by atoms with E-state index in [2.05, 4.69) is 43.5 Å². The molecule has 1 heterocycles. The Bertz CT molecular complexity index is 1060. The van der Waals surface area contributed by atoms with Crippen LogP contribution in [0.25, 0.3) is 0 Å². The topological polar surface area (TPSA) is 79.8 Å². The summed E-state index contributed by atoms with van der Waals surface area (Å²) in [5.74, 6) is -0.624. The lowest BCUT2D eigenvalue weighted by Crippen LogP contribution is -2.50. The average molecular weight is 519 g/mol. The summed E-state index contributed by atoms with van der Waals surface area (Å²) in [6.07, 6.45) is -0.101. The Morgan fingerprint density at radius 1 is 1.08 bits per heavy atom. The molecule has 37 heavy (non-hydrogen) atoms. The first kappa shape index (κ1) is 28.9. The number of ether oxygens (including phenoxy) is 2. The molecular weight excluding hydrogens is 478 g/mol. The Hall–Kier alpha value is -2.71. The van der Waals surface area contributed by atoms with Gasteiger partial charge in [-0.05, 0) is 68.4 Å². The Labute approximate surface area is 218 Å². The second-order valence-corrected chi connectivity index (χ2v) is 12.0. The number of rotatable bonds is 8. The average Bonchev–Trinajstić information content (AvgIpc) is 2.74. The fourth-order valence-electron chi connectivity index (χ4n) is 4.51. The van der Waals surface area contributed by atoms with Crippen molar-refractivity contribution in [3.05, 3.63) is 64.7 Å². The third-order valence-corrected chi connectivity index (χ3v) is 5.97. The van der Waals surface area contributed by atoms with Gasteiger partial charge >= 0.3 is 6.09 Å². The van der Waals surface area contributed by atoms with Gasteiger partial charge in [0.15, 0.2) is 0 Å². The number of carbonyl (C=O) groups excluding carboxylic acids is 1. The number of halogens is 2. The van der Waals surface area contributed by atoms with E-state index in [1.165, 1.54) is 17.7 Å². The van der Waals surface area contributed by atoms with E-state index in [0.717, 1.165) is 30.2 Å². The van der Waals surface area contributed by atoms with Crippen LogP contribution in [-0.2, 0) is 17.6 Å². The van der Waals surface area contributed by atoms with Crippen molar-refractivity contribution >= 4 is 6.09 Å². The number of hydrogen-bond acceptors (Lipinski definition) is 5. The zero-order valence-corrected chi connectivity index (χ0v) is 22.7. The molecule has 0 aromatic heterocycles. The molecule has 0 radical (unpaired) electrons. The molecule has 1 aliphatic rings. The molecule has 2 aromatic carbocycles. The first-order chi connectivity index (χ1) is 17.2. The van der Waals surface area contributed by atoms with Crippen LogP contribution in [0.3, 0.4) is 0 Å². The van der Waals surface area contributed by atoms with E-state index in [1.54, 1.807) is 20.8 Å². The van der Waals surface area contributed by atoms with Crippen molar-refractivity contribution in [2.24, 2.45) is 5.41 Å². The van der Waals surface area contributed by atoms with Crippen LogP contribution in [0.5, 0.6) is 5.75 Å². The Morgan fingerprint density at radius 3 is 2.38 bits per heavy atom. The number of amides is 1. The lowest BCUT2D eigenvalue weighted by Gasteiger charge is -2.31. The van der Waals surface area contributed by atoms with E-state index in [9.17, 15) is 18.7 Å². The predicted molar refractivity (Wildman–Crippen MR) is 140 cm³/mol. The Kier molecular flexibility index (Phi) is 9.18. The van der Waals surface area contributed by atoms with Crippen LogP contribution < -0.4 is 15.4 Å². The highest BCUT2D eigenvalue weighted by atomic mass is 19.1. The number of aliphatic hydroxyl groups is 1. The minimum Gasteiger partial charge on any atom is -0.493 e. The zero-order chi connectivity index (χ0) is 27.4. The van der Waals surface area contributed by atoms with Crippen LogP contribution in [0, 0.1) is 17.0 Å². The maximum Gasteiger partial charge on any atom is 0.407 e. The van der Waals surface area contributed by atoms with Crippen LogP contribution in [0.2, 0.25) is 0 Å². The fourth-order valence-corrected chi connectivity index (χ4v) is 4.51. The molecule has 3 atom stereocenters. The van der Waals surface area contributed by atoms with Gasteiger partial charge in [-0.1, -0.05) is 32.9 Å². The van der Waals surface area contributed by atoms with E-state index < -0.39 is 35.5 Å². The number of nitrogens with one attached hydrogen (secondary N) is 2. The van der Waals surface area contributed by atoms with E-state index in [0.29, 0.717) is 12.2 Å². The number of fused-ring (bicyclic) bond motifs is 1. The molecule has 8 heteroatoms. The summed E-state index contributed by atoms with van der Waals surface area (Å²) in [7, 11) is 0. The van der Waals surface area contributed by atoms with Gasteiger partial charge in [0.05, 0.1) is 18.8 Å². The van der Waals surface area contributed by atoms with Gasteiger partial charge in [0.25, 0.3) is 0 Å². The molecule has 2 aromatic rings. The number of aliphatic hydroxyl groups excluding tert-OH is 1. The lowest BCUT2D eigenvalue weighted by atomic mass is 9.86. The van der Waals surface area contributed by atoms with Gasteiger partial charge in [0.2, 0.25) is 0 Å². The van der Waals surface area contributed by atoms with Crippen molar-refractivity contribution in [2.75, 3.05) is 13.2 Å². The number of carbonyl (C=O) groups is 1. The van der Waals surface area contributed by atoms with Crippen LogP contribution in [0.1, 0.15) is 70.7 Å². The summed E-state index contributed by atoms with van der Waals surface area (Å²) in [4.78, 5) is 12.5. The molecule has 0 spiro atoms. The van der Waals surface area contributed by atoms with Gasteiger partial charge in [0, 0.05) is 30.6 Å². The molecule has 3 N–H and O–H groups in total. The molecule has 0 bridgehead atoms. The minimum atomic E-state index is -1.05. The highest BCUT2D eigenvalue weighted by molar-refractivity contribution is 5.68. The first-order valence-corrected chi connectivity index (χ1v) is 12.8. The zero-order valence-electron chi connectivity index (χ0n) is 22.7. The molecule has 204 valence electrons. The van der Waals surface area contributed by atoms with E-state index in [4.69, 9.17) is 9.47 Å². The number of alkyl carbamates (subject to hydrolysis) is 1. The molecule has 6 nitrogen and oxygen atoms in total. The summed E-state index contributed by atoms with van der Waals surface area (Å²) < 4.78 is 38.8. The fraction of sp³-hybridized carbons (Fsp3) is 0.552. The summed E-state index contributed by atoms with van der Waals surface area (Å²) >= 11 is 0. The third kappa shape index (κ3) is 9.27. The summed E-state index contributed by atoms with van der Waals surface area (Å²) in [5, 5.41) is 17.2. The quantitative estimate of drug-likeness (QED) is 0.432. The van der Waals surface area contributed by atoms with Gasteiger partial charge in [-0.15, -0.1) is 0 Å². The van der Waals surface area contributed by atoms with E-state index in [1.807, 2.05) is 6.07 Å². The number of benzene rings is 2. The molecule has 0 aliphatic carbocycles. The van der Waals surface area contributed by atoms with Gasteiger partial charge in [-0.2, -0.15) is 0 Å². The van der Waals surface area contributed by atoms with Gasteiger partial charge in [-0.25, -0.2) is 13.6 Å². The Morgan fingerprint density at radius 2 is 1.76 bits per heavy atom. The predicted octanol–water partition coefficient (Wildman–Crippen LogP) is 5.46. The second kappa shape index (κ2) is 11.8. The molecule has 0 saturated carbocycles. The molecule has 1 amide bonds.